The van der Waals surface area contributed by atoms with E-state index < -0.39 is 0 Å². The molecule has 1 heterocycles. The van der Waals surface area contributed by atoms with Crippen LogP contribution in [0.5, 0.6) is 0 Å². The van der Waals surface area contributed by atoms with Gasteiger partial charge in [-0.25, -0.2) is 4.79 Å². The summed E-state index contributed by atoms with van der Waals surface area (Å²) in [5, 5.41) is 2.97. The predicted molar refractivity (Wildman–Crippen MR) is 65.8 cm³/mol. The lowest BCUT2D eigenvalue weighted by Gasteiger charge is -2.35. The molecule has 2 fully saturated rings. The minimum Gasteiger partial charge on any atom is -0.378 e. The molecule has 0 radical (unpaired) electrons. The molecule has 98 valence electrons. The molecule has 0 bridgehead atoms. The Morgan fingerprint density at radius 1 is 1.24 bits per heavy atom. The van der Waals surface area contributed by atoms with Crippen LogP contribution < -0.4 is 11.1 Å². The number of morpholine rings is 1. The fourth-order valence-electron chi connectivity index (χ4n) is 2.56. The van der Waals surface area contributed by atoms with E-state index in [9.17, 15) is 4.79 Å². The normalized spacial score (nSPS) is 24.4. The Bertz CT molecular complexity index is 258. The third kappa shape index (κ3) is 3.57. The van der Waals surface area contributed by atoms with E-state index in [1.54, 1.807) is 4.90 Å². The Labute approximate surface area is 103 Å². The van der Waals surface area contributed by atoms with Crippen molar-refractivity contribution in [2.75, 3.05) is 32.8 Å². The van der Waals surface area contributed by atoms with E-state index in [0.29, 0.717) is 32.8 Å². The van der Waals surface area contributed by atoms with Gasteiger partial charge in [0.2, 0.25) is 0 Å². The highest BCUT2D eigenvalue weighted by atomic mass is 16.5. The van der Waals surface area contributed by atoms with E-state index in [1.165, 1.54) is 19.3 Å². The fourth-order valence-corrected chi connectivity index (χ4v) is 2.56. The van der Waals surface area contributed by atoms with Crippen molar-refractivity contribution in [2.24, 2.45) is 5.73 Å². The summed E-state index contributed by atoms with van der Waals surface area (Å²) in [7, 11) is 0. The second kappa shape index (κ2) is 5.69. The average molecular weight is 241 g/mol. The second-order valence-electron chi connectivity index (χ2n) is 5.18. The maximum Gasteiger partial charge on any atom is 0.317 e. The van der Waals surface area contributed by atoms with E-state index >= 15 is 0 Å². The summed E-state index contributed by atoms with van der Waals surface area (Å²) in [6, 6.07) is 0.00342. The SMILES string of the molecule is NC1(CNC(=O)N2CCOCC2)CCCCC1. The molecule has 2 rings (SSSR count). The van der Waals surface area contributed by atoms with E-state index in [2.05, 4.69) is 5.32 Å². The molecular formula is C12H23N3O2. The van der Waals surface area contributed by atoms with Gasteiger partial charge in [0, 0.05) is 25.2 Å². The lowest BCUT2D eigenvalue weighted by atomic mass is 9.82. The standard InChI is InChI=1S/C12H23N3O2/c13-12(4-2-1-3-5-12)10-14-11(16)15-6-8-17-9-7-15/h1-10,13H2,(H,14,16). The molecule has 0 aromatic rings. The molecule has 2 amide bonds. The minimum absolute atomic E-state index is 0.00342. The zero-order chi connectivity index (χ0) is 12.1. The largest absolute Gasteiger partial charge is 0.378 e. The van der Waals surface area contributed by atoms with Crippen LogP contribution in [0.3, 0.4) is 0 Å². The van der Waals surface area contributed by atoms with Crippen LogP contribution in [0.1, 0.15) is 32.1 Å². The van der Waals surface area contributed by atoms with Crippen LogP contribution in [0, 0.1) is 0 Å². The first-order valence-electron chi connectivity index (χ1n) is 6.59. The van der Waals surface area contributed by atoms with Crippen LogP contribution in [-0.4, -0.2) is 49.3 Å². The van der Waals surface area contributed by atoms with Gasteiger partial charge >= 0.3 is 6.03 Å². The molecule has 0 aromatic heterocycles. The van der Waals surface area contributed by atoms with Gasteiger partial charge in [0.1, 0.15) is 0 Å². The summed E-state index contributed by atoms with van der Waals surface area (Å²) in [5.74, 6) is 0. The maximum atomic E-state index is 11.9. The smallest absolute Gasteiger partial charge is 0.317 e. The van der Waals surface area contributed by atoms with Gasteiger partial charge in [0.15, 0.2) is 0 Å². The van der Waals surface area contributed by atoms with Gasteiger partial charge in [-0.15, -0.1) is 0 Å². The Hall–Kier alpha value is -0.810. The molecule has 3 N–H and O–H groups in total. The summed E-state index contributed by atoms with van der Waals surface area (Å²) < 4.78 is 5.22. The average Bonchev–Trinajstić information content (AvgIpc) is 2.38. The van der Waals surface area contributed by atoms with Crippen LogP contribution in [-0.2, 0) is 4.74 Å². The second-order valence-corrected chi connectivity index (χ2v) is 5.18. The number of hydrogen-bond acceptors (Lipinski definition) is 3. The molecule has 1 saturated heterocycles. The van der Waals surface area contributed by atoms with Crippen molar-refractivity contribution >= 4 is 6.03 Å². The van der Waals surface area contributed by atoms with E-state index in [1.807, 2.05) is 0 Å². The van der Waals surface area contributed by atoms with Crippen molar-refractivity contribution in [3.05, 3.63) is 0 Å². The summed E-state index contributed by atoms with van der Waals surface area (Å²) in [6.07, 6.45) is 5.69. The number of nitrogens with two attached hydrogens (primary N) is 1. The zero-order valence-corrected chi connectivity index (χ0v) is 10.4. The van der Waals surface area contributed by atoms with E-state index in [0.717, 1.165) is 12.8 Å². The first-order valence-corrected chi connectivity index (χ1v) is 6.59. The van der Waals surface area contributed by atoms with Crippen molar-refractivity contribution in [3.8, 4) is 0 Å². The lowest BCUT2D eigenvalue weighted by molar-refractivity contribution is 0.0527. The summed E-state index contributed by atoms with van der Waals surface area (Å²) >= 11 is 0. The Morgan fingerprint density at radius 3 is 2.53 bits per heavy atom. The summed E-state index contributed by atoms with van der Waals surface area (Å²) in [4.78, 5) is 13.7. The van der Waals surface area contributed by atoms with Crippen LogP contribution in [0.25, 0.3) is 0 Å². The Morgan fingerprint density at radius 2 is 1.88 bits per heavy atom. The van der Waals surface area contributed by atoms with Gasteiger partial charge in [-0.1, -0.05) is 19.3 Å². The number of nitrogens with one attached hydrogen (secondary N) is 1. The van der Waals surface area contributed by atoms with Gasteiger partial charge in [-0.3, -0.25) is 0 Å². The van der Waals surface area contributed by atoms with Gasteiger partial charge in [-0.05, 0) is 12.8 Å². The monoisotopic (exact) mass is 241 g/mol. The molecule has 5 heteroatoms. The number of carbonyl (C=O) groups excluding carboxylic acids is 1. The van der Waals surface area contributed by atoms with Crippen LogP contribution in [0.2, 0.25) is 0 Å². The predicted octanol–water partition coefficient (Wildman–Crippen LogP) is 0.690. The van der Waals surface area contributed by atoms with Gasteiger partial charge in [-0.2, -0.15) is 0 Å². The molecule has 0 unspecified atom stereocenters. The zero-order valence-electron chi connectivity index (χ0n) is 10.4. The summed E-state index contributed by atoms with van der Waals surface area (Å²) in [5.41, 5.74) is 6.10. The maximum absolute atomic E-state index is 11.9. The molecule has 0 atom stereocenters. The Balaban J connectivity index is 1.74. The Kier molecular flexibility index (Phi) is 4.23. The topological polar surface area (TPSA) is 67.6 Å². The van der Waals surface area contributed by atoms with Gasteiger partial charge in [0.25, 0.3) is 0 Å². The molecule has 5 nitrogen and oxygen atoms in total. The number of rotatable bonds is 2. The minimum atomic E-state index is -0.180. The molecule has 1 aliphatic heterocycles. The number of carbonyl (C=O) groups is 1. The van der Waals surface area contributed by atoms with Crippen LogP contribution >= 0.6 is 0 Å². The molecule has 0 aromatic carbocycles. The fraction of sp³-hybridized carbons (Fsp3) is 0.917. The van der Waals surface area contributed by atoms with E-state index in [4.69, 9.17) is 10.5 Å². The van der Waals surface area contributed by atoms with Crippen molar-refractivity contribution in [1.29, 1.82) is 0 Å². The molecule has 2 aliphatic rings. The van der Waals surface area contributed by atoms with Crippen LogP contribution in [0.4, 0.5) is 4.79 Å². The number of hydrogen-bond donors (Lipinski definition) is 2. The van der Waals surface area contributed by atoms with Crippen molar-refractivity contribution in [2.45, 2.75) is 37.6 Å². The van der Waals surface area contributed by atoms with Crippen molar-refractivity contribution < 1.29 is 9.53 Å². The third-order valence-corrected chi connectivity index (χ3v) is 3.74. The highest BCUT2D eigenvalue weighted by Gasteiger charge is 2.28. The summed E-state index contributed by atoms with van der Waals surface area (Å²) in [6.45, 7) is 3.25. The number of urea groups is 1. The first kappa shape index (κ1) is 12.6. The van der Waals surface area contributed by atoms with Crippen molar-refractivity contribution in [1.82, 2.24) is 10.2 Å². The number of nitrogens with zero attached hydrogens (tertiary/aromatic N) is 1. The lowest BCUT2D eigenvalue weighted by Crippen LogP contribution is -2.54. The van der Waals surface area contributed by atoms with Gasteiger partial charge < -0.3 is 20.7 Å². The molecule has 1 aliphatic carbocycles. The number of ether oxygens (including phenoxy) is 1. The van der Waals surface area contributed by atoms with Gasteiger partial charge in [0.05, 0.1) is 13.2 Å². The van der Waals surface area contributed by atoms with E-state index in [-0.39, 0.29) is 11.6 Å². The third-order valence-electron chi connectivity index (χ3n) is 3.74. The highest BCUT2D eigenvalue weighted by molar-refractivity contribution is 5.74. The highest BCUT2D eigenvalue weighted by Crippen LogP contribution is 2.25. The van der Waals surface area contributed by atoms with Crippen molar-refractivity contribution in [3.63, 3.8) is 0 Å². The van der Waals surface area contributed by atoms with Crippen LogP contribution in [0.15, 0.2) is 0 Å². The first-order chi connectivity index (χ1) is 8.20. The number of amides is 2. The molecular weight excluding hydrogens is 218 g/mol. The molecule has 1 saturated carbocycles. The molecule has 17 heavy (non-hydrogen) atoms. The molecule has 0 spiro atoms. The quantitative estimate of drug-likeness (QED) is 0.747.